The molecular weight excluding hydrogens is 508 g/mol. The van der Waals surface area contributed by atoms with Gasteiger partial charge in [-0.05, 0) is 98.6 Å². The third kappa shape index (κ3) is 4.88. The van der Waals surface area contributed by atoms with Crippen molar-refractivity contribution >= 4 is 29.0 Å². The fourth-order valence-corrected chi connectivity index (χ4v) is 5.98. The lowest BCUT2D eigenvalue weighted by Gasteiger charge is -2.29. The molecule has 1 saturated heterocycles. The first-order valence-electron chi connectivity index (χ1n) is 13.3. The van der Waals surface area contributed by atoms with Crippen LogP contribution in [0.3, 0.4) is 0 Å². The molecule has 7 nitrogen and oxygen atoms in total. The number of benzene rings is 2. The lowest BCUT2D eigenvalue weighted by Crippen LogP contribution is -2.30. The molecule has 4 aromatic rings. The summed E-state index contributed by atoms with van der Waals surface area (Å²) in [6.45, 7) is 0. The standard InChI is InChI=1S/C31H30N4O3S/c1-37-30(36)24-11-4-5-13-26(24)34-20-8-14-27(34)29-28(25-12-6-7-19-32-25)33-31(39)35(29)21-15-17-23(18-16-21)38-22-9-2-3-10-22/h4-8,11-20,22,28-29H,2-3,9-10H2,1H3,(H,33,39)/t28-,29+/m0/s1. The predicted molar refractivity (Wildman–Crippen MR) is 154 cm³/mol. The van der Waals surface area contributed by atoms with Gasteiger partial charge in [-0.2, -0.15) is 0 Å². The molecule has 1 N–H and O–H groups in total. The number of thiocarbonyl (C=S) groups is 1. The van der Waals surface area contributed by atoms with Crippen LogP contribution in [0.1, 0.15) is 59.5 Å². The lowest BCUT2D eigenvalue weighted by molar-refractivity contribution is 0.0600. The number of pyridine rings is 1. The van der Waals surface area contributed by atoms with Gasteiger partial charge in [-0.1, -0.05) is 18.2 Å². The van der Waals surface area contributed by atoms with Gasteiger partial charge in [0.1, 0.15) is 11.8 Å². The van der Waals surface area contributed by atoms with Crippen LogP contribution in [0.4, 0.5) is 5.69 Å². The Morgan fingerprint density at radius 1 is 0.974 bits per heavy atom. The topological polar surface area (TPSA) is 68.6 Å². The molecule has 0 amide bonds. The third-order valence-electron chi connectivity index (χ3n) is 7.47. The van der Waals surface area contributed by atoms with Gasteiger partial charge in [-0.25, -0.2) is 4.79 Å². The summed E-state index contributed by atoms with van der Waals surface area (Å²) < 4.78 is 13.3. The molecule has 3 heterocycles. The number of nitrogens with one attached hydrogen (secondary N) is 1. The van der Waals surface area contributed by atoms with E-state index in [2.05, 4.69) is 33.4 Å². The summed E-state index contributed by atoms with van der Waals surface area (Å²) in [6.07, 6.45) is 8.73. The quantitative estimate of drug-likeness (QED) is 0.223. The van der Waals surface area contributed by atoms with Crippen molar-refractivity contribution in [2.45, 2.75) is 43.9 Å². The average Bonchev–Trinajstić information content (AvgIpc) is 3.74. The normalized spacial score (nSPS) is 19.2. The summed E-state index contributed by atoms with van der Waals surface area (Å²) in [7, 11) is 1.40. The minimum Gasteiger partial charge on any atom is -0.490 e. The number of esters is 1. The highest BCUT2D eigenvalue weighted by Crippen LogP contribution is 2.43. The van der Waals surface area contributed by atoms with Gasteiger partial charge in [0.2, 0.25) is 0 Å². The fraction of sp³-hybridized carbons (Fsp3) is 0.258. The SMILES string of the molecule is COC(=O)c1ccccc1-n1cccc1[C@@H]1[C@H](c2ccccn2)NC(=S)N1c1ccc(OC2CCCC2)cc1. The number of carbonyl (C=O) groups is 1. The number of aromatic nitrogens is 2. The van der Waals surface area contributed by atoms with Crippen LogP contribution in [0.2, 0.25) is 0 Å². The van der Waals surface area contributed by atoms with E-state index in [-0.39, 0.29) is 18.1 Å². The summed E-state index contributed by atoms with van der Waals surface area (Å²) in [5.41, 5.74) is 4.01. The first-order chi connectivity index (χ1) is 19.1. The van der Waals surface area contributed by atoms with Gasteiger partial charge in [0.05, 0.1) is 36.2 Å². The Kier molecular flexibility index (Phi) is 7.02. The second-order valence-electron chi connectivity index (χ2n) is 9.83. The van der Waals surface area contributed by atoms with E-state index in [0.717, 1.165) is 41.4 Å². The molecule has 0 bridgehead atoms. The van der Waals surface area contributed by atoms with Crippen molar-refractivity contribution in [2.75, 3.05) is 12.0 Å². The number of hydrogen-bond donors (Lipinski definition) is 1. The van der Waals surface area contributed by atoms with Crippen molar-refractivity contribution in [3.8, 4) is 11.4 Å². The zero-order valence-corrected chi connectivity index (χ0v) is 22.5. The molecule has 2 atom stereocenters. The molecule has 1 aliphatic heterocycles. The summed E-state index contributed by atoms with van der Waals surface area (Å²) >= 11 is 5.92. The monoisotopic (exact) mass is 538 g/mol. The molecule has 8 heteroatoms. The minimum absolute atomic E-state index is 0.216. The number of anilines is 1. The second kappa shape index (κ2) is 10.9. The maximum absolute atomic E-state index is 12.6. The Labute approximate surface area is 233 Å². The molecule has 2 fully saturated rings. The number of hydrogen-bond acceptors (Lipinski definition) is 5. The van der Waals surface area contributed by atoms with E-state index < -0.39 is 0 Å². The highest BCUT2D eigenvalue weighted by atomic mass is 32.1. The van der Waals surface area contributed by atoms with Crippen molar-refractivity contribution in [3.63, 3.8) is 0 Å². The summed E-state index contributed by atoms with van der Waals surface area (Å²) in [4.78, 5) is 19.4. The largest absolute Gasteiger partial charge is 0.490 e. The highest BCUT2D eigenvalue weighted by Gasteiger charge is 2.42. The van der Waals surface area contributed by atoms with E-state index in [1.807, 2.05) is 65.4 Å². The van der Waals surface area contributed by atoms with Gasteiger partial charge in [-0.3, -0.25) is 4.98 Å². The zero-order chi connectivity index (χ0) is 26.8. The molecule has 6 rings (SSSR count). The van der Waals surface area contributed by atoms with Gasteiger partial charge in [-0.15, -0.1) is 0 Å². The first-order valence-corrected chi connectivity index (χ1v) is 13.7. The molecule has 0 unspecified atom stereocenters. The summed E-state index contributed by atoms with van der Waals surface area (Å²) in [5.74, 6) is 0.484. The lowest BCUT2D eigenvalue weighted by atomic mass is 10.0. The number of carbonyl (C=O) groups excluding carboxylic acids is 1. The van der Waals surface area contributed by atoms with Crippen molar-refractivity contribution in [3.05, 3.63) is 108 Å². The Morgan fingerprint density at radius 3 is 2.49 bits per heavy atom. The van der Waals surface area contributed by atoms with Crippen molar-refractivity contribution in [2.24, 2.45) is 0 Å². The molecule has 1 saturated carbocycles. The average molecular weight is 539 g/mol. The summed E-state index contributed by atoms with van der Waals surface area (Å²) in [6, 6.07) is 25.1. The van der Waals surface area contributed by atoms with Gasteiger partial charge < -0.3 is 24.3 Å². The van der Waals surface area contributed by atoms with Crippen LogP contribution in [-0.2, 0) is 4.74 Å². The number of methoxy groups -OCH3 is 1. The highest BCUT2D eigenvalue weighted by molar-refractivity contribution is 7.80. The van der Waals surface area contributed by atoms with Crippen LogP contribution >= 0.6 is 12.2 Å². The van der Waals surface area contributed by atoms with Gasteiger partial charge in [0.25, 0.3) is 0 Å². The van der Waals surface area contributed by atoms with Crippen molar-refractivity contribution in [1.29, 1.82) is 0 Å². The smallest absolute Gasteiger partial charge is 0.339 e. The van der Waals surface area contributed by atoms with Crippen molar-refractivity contribution < 1.29 is 14.3 Å². The number of nitrogens with zero attached hydrogens (tertiary/aromatic N) is 3. The second-order valence-corrected chi connectivity index (χ2v) is 10.2. The van der Waals surface area contributed by atoms with Crippen LogP contribution in [0, 0.1) is 0 Å². The van der Waals surface area contributed by atoms with E-state index in [0.29, 0.717) is 16.8 Å². The molecule has 0 radical (unpaired) electrons. The van der Waals surface area contributed by atoms with Crippen LogP contribution in [-0.4, -0.2) is 33.8 Å². The molecule has 1 aliphatic carbocycles. The molecule has 39 heavy (non-hydrogen) atoms. The zero-order valence-electron chi connectivity index (χ0n) is 21.7. The maximum atomic E-state index is 12.6. The number of para-hydroxylation sites is 1. The fourth-order valence-electron chi connectivity index (χ4n) is 5.64. The maximum Gasteiger partial charge on any atom is 0.339 e. The molecule has 198 valence electrons. The Bertz CT molecular complexity index is 1460. The van der Waals surface area contributed by atoms with Gasteiger partial charge in [0, 0.05) is 23.8 Å². The molecule has 2 aromatic carbocycles. The Hall–Kier alpha value is -4.17. The minimum atomic E-state index is -0.388. The van der Waals surface area contributed by atoms with E-state index in [9.17, 15) is 4.79 Å². The first kappa shape index (κ1) is 25.1. The van der Waals surface area contributed by atoms with Gasteiger partial charge >= 0.3 is 5.97 Å². The molecule has 2 aromatic heterocycles. The van der Waals surface area contributed by atoms with E-state index >= 15 is 0 Å². The number of rotatable bonds is 7. The van der Waals surface area contributed by atoms with Crippen LogP contribution in [0.15, 0.2) is 91.3 Å². The molecule has 0 spiro atoms. The van der Waals surface area contributed by atoms with E-state index in [4.69, 9.17) is 21.7 Å². The van der Waals surface area contributed by atoms with Crippen LogP contribution < -0.4 is 15.0 Å². The van der Waals surface area contributed by atoms with Crippen LogP contribution in [0.5, 0.6) is 5.75 Å². The predicted octanol–water partition coefficient (Wildman–Crippen LogP) is 6.16. The van der Waals surface area contributed by atoms with Crippen LogP contribution in [0.25, 0.3) is 5.69 Å². The van der Waals surface area contributed by atoms with Gasteiger partial charge in [0.15, 0.2) is 5.11 Å². The summed E-state index contributed by atoms with van der Waals surface area (Å²) in [5, 5.41) is 4.12. The Morgan fingerprint density at radius 2 is 1.74 bits per heavy atom. The molecule has 2 aliphatic rings. The van der Waals surface area contributed by atoms with Crippen molar-refractivity contribution in [1.82, 2.24) is 14.9 Å². The van der Waals surface area contributed by atoms with E-state index in [1.54, 1.807) is 12.3 Å². The van der Waals surface area contributed by atoms with E-state index in [1.165, 1.54) is 20.0 Å². The third-order valence-corrected chi connectivity index (χ3v) is 7.78. The molecular formula is C31H30N4O3S. The Balaban J connectivity index is 1.42. The number of ether oxygens (including phenoxy) is 2.